The fourth-order valence-electron chi connectivity index (χ4n) is 0.427. The van der Waals surface area contributed by atoms with Gasteiger partial charge in [-0.25, -0.2) is 0 Å². The molecule has 0 fully saturated rings. The summed E-state index contributed by atoms with van der Waals surface area (Å²) in [7, 11) is 0. The maximum Gasteiger partial charge on any atom is 0.226 e. The molecule has 0 amide bonds. The van der Waals surface area contributed by atoms with Gasteiger partial charge in [0, 0.05) is 23.1 Å². The van der Waals surface area contributed by atoms with E-state index in [2.05, 4.69) is 27.5 Å². The molecule has 0 aliphatic heterocycles. The minimum atomic E-state index is 0. The van der Waals surface area contributed by atoms with Gasteiger partial charge in [-0.1, -0.05) is 0 Å². The second-order valence-corrected chi connectivity index (χ2v) is 1.41. The zero-order chi connectivity index (χ0) is 8.85. The third-order valence-corrected chi connectivity index (χ3v) is 0.687. The Hall–Kier alpha value is -0.804. The number of nitrogen functional groups attached to an aromatic ring is 3. The molecule has 0 spiro atoms. The van der Waals surface area contributed by atoms with Crippen LogP contribution in [-0.2, 0) is 12.5 Å². The molecule has 1 aromatic heterocycles. The van der Waals surface area contributed by atoms with Gasteiger partial charge in [-0.05, 0) is 0 Å². The second kappa shape index (κ2) is 6.88. The standard InChI is InChI=1S/C3H6N6.Mg.OS/c4-1-7-2(5)9-3(6)8-1;;1-2/h(H6,4,5,6,7,8,9);;. The molecule has 0 aliphatic rings. The van der Waals surface area contributed by atoms with Gasteiger partial charge >= 0.3 is 0 Å². The number of nitrogens with two attached hydrogens (primary N) is 3. The van der Waals surface area contributed by atoms with E-state index >= 15 is 0 Å². The lowest BCUT2D eigenvalue weighted by atomic mass is 10.9. The Labute approximate surface area is 89.8 Å². The van der Waals surface area contributed by atoms with Crippen LogP contribution >= 0.6 is 0 Å². The summed E-state index contributed by atoms with van der Waals surface area (Å²) in [5.74, 6) is 0.125. The number of aromatic nitrogens is 3. The monoisotopic (exact) mass is 198 g/mol. The highest BCUT2D eigenvalue weighted by Crippen LogP contribution is 1.97. The van der Waals surface area contributed by atoms with Gasteiger partial charge < -0.3 is 17.2 Å². The first-order valence-corrected chi connectivity index (χ1v) is 2.71. The first-order chi connectivity index (χ1) is 5.18. The molecular weight excluding hydrogens is 192 g/mol. The molecule has 0 aromatic carbocycles. The zero-order valence-electron chi connectivity index (χ0n) is 6.10. The summed E-state index contributed by atoms with van der Waals surface area (Å²) in [5, 5.41) is 0. The molecule has 1 aromatic rings. The maximum absolute atomic E-state index is 7.83. The first-order valence-electron chi connectivity index (χ1n) is 2.37. The fourth-order valence-corrected chi connectivity index (χ4v) is 0.427. The van der Waals surface area contributed by atoms with Crippen molar-refractivity contribution in [2.24, 2.45) is 0 Å². The predicted molar refractivity (Wildman–Crippen MR) is 47.0 cm³/mol. The van der Waals surface area contributed by atoms with E-state index in [-0.39, 0.29) is 40.9 Å². The Kier molecular flexibility index (Phi) is 7.89. The molecule has 0 atom stereocenters. The van der Waals surface area contributed by atoms with Crippen LogP contribution in [0.4, 0.5) is 17.8 Å². The highest BCUT2D eigenvalue weighted by Gasteiger charge is 1.93. The van der Waals surface area contributed by atoms with Crippen LogP contribution in [0.25, 0.3) is 0 Å². The van der Waals surface area contributed by atoms with Crippen molar-refractivity contribution in [3.05, 3.63) is 0 Å². The molecule has 2 radical (unpaired) electrons. The van der Waals surface area contributed by atoms with Crippen molar-refractivity contribution in [1.82, 2.24) is 15.0 Å². The third kappa shape index (κ3) is 4.93. The molecule has 0 saturated carbocycles. The summed E-state index contributed by atoms with van der Waals surface area (Å²) >= 11 is 2.83. The van der Waals surface area contributed by atoms with Crippen molar-refractivity contribution >= 4 is 53.4 Å². The molecule has 0 aliphatic carbocycles. The lowest BCUT2D eigenvalue weighted by molar-refractivity contribution is 0.702. The third-order valence-electron chi connectivity index (χ3n) is 0.687. The van der Waals surface area contributed by atoms with Gasteiger partial charge in [0.05, 0.1) is 0 Å². The van der Waals surface area contributed by atoms with Gasteiger partial charge in [-0.3, -0.25) is 0 Å². The largest absolute Gasteiger partial charge is 0.368 e. The molecule has 6 N–H and O–H groups in total. The van der Waals surface area contributed by atoms with Crippen molar-refractivity contribution < 1.29 is 4.21 Å². The summed E-state index contributed by atoms with van der Waals surface area (Å²) in [6, 6.07) is 0. The summed E-state index contributed by atoms with van der Waals surface area (Å²) in [4.78, 5) is 10.5. The van der Waals surface area contributed by atoms with Crippen LogP contribution in [0.15, 0.2) is 0 Å². The SMILES string of the molecule is Nc1nc(N)nc(N)n1.O=S.[Mg]. The number of hydrogen-bond acceptors (Lipinski definition) is 8. The van der Waals surface area contributed by atoms with Gasteiger partial charge in [0.1, 0.15) is 0 Å². The first kappa shape index (κ1) is 13.8. The van der Waals surface area contributed by atoms with Crippen molar-refractivity contribution in [1.29, 1.82) is 0 Å². The molecule has 62 valence electrons. The number of hydrogen-bond donors (Lipinski definition) is 3. The number of rotatable bonds is 0. The van der Waals surface area contributed by atoms with Crippen LogP contribution in [0.1, 0.15) is 0 Å². The average Bonchev–Trinajstić information content (AvgIpc) is 1.88. The lowest BCUT2D eigenvalue weighted by Crippen LogP contribution is -2.05. The van der Waals surface area contributed by atoms with Gasteiger partial charge in [0.25, 0.3) is 0 Å². The maximum atomic E-state index is 7.83. The van der Waals surface area contributed by atoms with E-state index < -0.39 is 0 Å². The van der Waals surface area contributed by atoms with E-state index in [0.29, 0.717) is 0 Å². The van der Waals surface area contributed by atoms with Gasteiger partial charge in [0.15, 0.2) is 12.5 Å². The van der Waals surface area contributed by atoms with E-state index in [4.69, 9.17) is 21.4 Å². The summed E-state index contributed by atoms with van der Waals surface area (Å²) in [6.45, 7) is 0. The molecule has 1 rings (SSSR count). The predicted octanol–water partition coefficient (Wildman–Crippen LogP) is -2.10. The van der Waals surface area contributed by atoms with Crippen molar-refractivity contribution in [2.75, 3.05) is 17.2 Å². The smallest absolute Gasteiger partial charge is 0.226 e. The Morgan fingerprint density at radius 1 is 0.833 bits per heavy atom. The van der Waals surface area contributed by atoms with E-state index in [1.807, 2.05) is 0 Å². The molecule has 0 bridgehead atoms. The summed E-state index contributed by atoms with van der Waals surface area (Å²) < 4.78 is 7.83. The Morgan fingerprint density at radius 3 is 1.17 bits per heavy atom. The Morgan fingerprint density at radius 2 is 1.00 bits per heavy atom. The Balaban J connectivity index is 0. The Bertz CT molecular complexity index is 196. The molecule has 0 saturated heterocycles. The van der Waals surface area contributed by atoms with Crippen LogP contribution in [0.3, 0.4) is 0 Å². The van der Waals surface area contributed by atoms with E-state index in [1.165, 1.54) is 0 Å². The van der Waals surface area contributed by atoms with E-state index in [9.17, 15) is 0 Å². The molecular formula is C3H6MgN6OS. The average molecular weight is 198 g/mol. The normalized spacial score (nSPS) is 7.33. The second-order valence-electron chi connectivity index (χ2n) is 1.41. The lowest BCUT2D eigenvalue weighted by Gasteiger charge is -1.93. The minimum Gasteiger partial charge on any atom is -0.368 e. The van der Waals surface area contributed by atoms with Crippen molar-refractivity contribution in [3.63, 3.8) is 0 Å². The van der Waals surface area contributed by atoms with Crippen LogP contribution in [-0.4, -0.2) is 42.2 Å². The van der Waals surface area contributed by atoms with E-state index in [1.54, 1.807) is 0 Å². The van der Waals surface area contributed by atoms with Crippen molar-refractivity contribution in [3.8, 4) is 0 Å². The molecule has 0 unspecified atom stereocenters. The van der Waals surface area contributed by atoms with Gasteiger partial charge in [0.2, 0.25) is 17.8 Å². The van der Waals surface area contributed by atoms with Crippen molar-refractivity contribution in [2.45, 2.75) is 0 Å². The molecule has 7 nitrogen and oxygen atoms in total. The van der Waals surface area contributed by atoms with E-state index in [0.717, 1.165) is 0 Å². The highest BCUT2D eigenvalue weighted by molar-refractivity contribution is 7.44. The quantitative estimate of drug-likeness (QED) is 0.404. The van der Waals surface area contributed by atoms with Crippen LogP contribution in [0.5, 0.6) is 0 Å². The van der Waals surface area contributed by atoms with Crippen LogP contribution in [0.2, 0.25) is 0 Å². The number of anilines is 3. The molecule has 9 heteroatoms. The topological polar surface area (TPSA) is 134 Å². The summed E-state index contributed by atoms with van der Waals surface area (Å²) in [6.07, 6.45) is 0. The van der Waals surface area contributed by atoms with Gasteiger partial charge in [-0.15, -0.1) is 0 Å². The fraction of sp³-hybridized carbons (Fsp3) is 0. The summed E-state index contributed by atoms with van der Waals surface area (Å²) in [5.41, 5.74) is 15.4. The minimum absolute atomic E-state index is 0. The van der Waals surface area contributed by atoms with Crippen LogP contribution in [0, 0.1) is 0 Å². The molecule has 1 heterocycles. The molecule has 12 heavy (non-hydrogen) atoms. The highest BCUT2D eigenvalue weighted by atomic mass is 32.1. The number of nitrogens with zero attached hydrogens (tertiary/aromatic N) is 3. The van der Waals surface area contributed by atoms with Gasteiger partial charge in [-0.2, -0.15) is 19.2 Å². The zero-order valence-corrected chi connectivity index (χ0v) is 8.33. The van der Waals surface area contributed by atoms with Crippen LogP contribution < -0.4 is 17.2 Å².